The van der Waals surface area contributed by atoms with Crippen LogP contribution in [-0.2, 0) is 9.59 Å². The summed E-state index contributed by atoms with van der Waals surface area (Å²) in [5, 5.41) is 0. The van der Waals surface area contributed by atoms with Crippen molar-refractivity contribution in [3.05, 3.63) is 0 Å². The summed E-state index contributed by atoms with van der Waals surface area (Å²) in [5.41, 5.74) is 0. The fraction of sp³-hybridized carbons (Fsp3) is 0.800. The van der Waals surface area contributed by atoms with Gasteiger partial charge in [0.1, 0.15) is 0 Å². The van der Waals surface area contributed by atoms with Crippen LogP contribution in [0.4, 0.5) is 0 Å². The Morgan fingerprint density at radius 2 is 1.77 bits per heavy atom. The van der Waals surface area contributed by atoms with Gasteiger partial charge in [-0.05, 0) is 6.42 Å². The zero-order chi connectivity index (χ0) is 9.94. The maximum atomic E-state index is 10.7. The minimum atomic E-state index is -0.342. The molecule has 0 saturated carbocycles. The number of hydrogen-bond acceptors (Lipinski definition) is 2. The molecule has 0 heterocycles. The van der Waals surface area contributed by atoms with Gasteiger partial charge in [-0.15, -0.1) is 4.99 Å². The Morgan fingerprint density at radius 1 is 1.15 bits per heavy atom. The van der Waals surface area contributed by atoms with E-state index in [2.05, 4.69) is 11.9 Å². The molecular weight excluding hydrogens is 166 g/mol. The summed E-state index contributed by atoms with van der Waals surface area (Å²) in [7, 11) is 0. The molecule has 0 aromatic rings. The number of rotatable bonds is 7. The largest absolute Gasteiger partial charge is 0.272 e. The molecule has 0 bridgehead atoms. The number of nitrogens with zero attached hydrogens (tertiary/aromatic N) is 1. The minimum absolute atomic E-state index is 0.342. The molecule has 0 radical (unpaired) electrons. The van der Waals surface area contributed by atoms with Gasteiger partial charge in [0.05, 0.1) is 0 Å². The minimum Gasteiger partial charge on any atom is -0.272 e. The van der Waals surface area contributed by atoms with E-state index in [1.54, 1.807) is 0 Å². The summed E-state index contributed by atoms with van der Waals surface area (Å²) in [6.07, 6.45) is 8.45. The molecule has 3 nitrogen and oxygen atoms in total. The maximum Gasteiger partial charge on any atom is 0.256 e. The quantitative estimate of drug-likeness (QED) is 0.346. The molecule has 0 fully saturated rings. The topological polar surface area (TPSA) is 46.5 Å². The van der Waals surface area contributed by atoms with Crippen LogP contribution in [0.15, 0.2) is 4.99 Å². The van der Waals surface area contributed by atoms with Crippen molar-refractivity contribution in [3.63, 3.8) is 0 Å². The molecule has 13 heavy (non-hydrogen) atoms. The molecule has 74 valence electrons. The summed E-state index contributed by atoms with van der Waals surface area (Å²) in [4.78, 5) is 23.4. The van der Waals surface area contributed by atoms with Gasteiger partial charge in [0.2, 0.25) is 6.08 Å². The molecule has 0 atom stereocenters. The Balaban J connectivity index is 3.16. The van der Waals surface area contributed by atoms with Gasteiger partial charge < -0.3 is 0 Å². The number of carbonyl (C=O) groups excluding carboxylic acids is 2. The smallest absolute Gasteiger partial charge is 0.256 e. The SMILES string of the molecule is CCCCCCCCC(=O)N=C=O. The molecule has 0 aromatic carbocycles. The fourth-order valence-corrected chi connectivity index (χ4v) is 1.16. The Morgan fingerprint density at radius 3 is 2.38 bits per heavy atom. The normalized spacial score (nSPS) is 9.31. The summed E-state index contributed by atoms with van der Waals surface area (Å²) >= 11 is 0. The molecule has 0 aliphatic rings. The van der Waals surface area contributed by atoms with Crippen molar-refractivity contribution >= 4 is 12.0 Å². The van der Waals surface area contributed by atoms with Crippen molar-refractivity contribution in [2.75, 3.05) is 0 Å². The van der Waals surface area contributed by atoms with Gasteiger partial charge in [0, 0.05) is 6.42 Å². The standard InChI is InChI=1S/C10H17NO2/c1-2-3-4-5-6-7-8-10(13)11-9-12/h2-8H2,1H3. The second kappa shape index (κ2) is 9.14. The van der Waals surface area contributed by atoms with Crippen molar-refractivity contribution in [2.24, 2.45) is 4.99 Å². The predicted molar refractivity (Wildman–Crippen MR) is 51.1 cm³/mol. The molecule has 0 aromatic heterocycles. The van der Waals surface area contributed by atoms with E-state index in [0.717, 1.165) is 12.8 Å². The molecule has 0 spiro atoms. The Labute approximate surface area is 79.2 Å². The molecule has 0 N–H and O–H groups in total. The maximum absolute atomic E-state index is 10.7. The number of hydrogen-bond donors (Lipinski definition) is 0. The third kappa shape index (κ3) is 8.96. The van der Waals surface area contributed by atoms with Gasteiger partial charge in [0.15, 0.2) is 0 Å². The summed E-state index contributed by atoms with van der Waals surface area (Å²) in [6, 6.07) is 0. The van der Waals surface area contributed by atoms with Crippen LogP contribution < -0.4 is 0 Å². The highest BCUT2D eigenvalue weighted by Gasteiger charge is 1.97. The van der Waals surface area contributed by atoms with Crippen LogP contribution in [0.3, 0.4) is 0 Å². The van der Waals surface area contributed by atoms with Gasteiger partial charge in [-0.3, -0.25) is 4.79 Å². The van der Waals surface area contributed by atoms with Gasteiger partial charge in [0.25, 0.3) is 5.91 Å². The van der Waals surface area contributed by atoms with Crippen molar-refractivity contribution in [2.45, 2.75) is 51.9 Å². The van der Waals surface area contributed by atoms with E-state index < -0.39 is 0 Å². The van der Waals surface area contributed by atoms with E-state index in [1.165, 1.54) is 31.8 Å². The summed E-state index contributed by atoms with van der Waals surface area (Å²) in [6.45, 7) is 2.17. The van der Waals surface area contributed by atoms with Gasteiger partial charge in [-0.25, -0.2) is 4.79 Å². The van der Waals surface area contributed by atoms with Crippen LogP contribution in [0.25, 0.3) is 0 Å². The van der Waals surface area contributed by atoms with E-state index in [4.69, 9.17) is 0 Å². The monoisotopic (exact) mass is 183 g/mol. The Hall–Kier alpha value is -0.950. The fourth-order valence-electron chi connectivity index (χ4n) is 1.16. The van der Waals surface area contributed by atoms with Crippen LogP contribution in [0.1, 0.15) is 51.9 Å². The van der Waals surface area contributed by atoms with E-state index in [1.807, 2.05) is 0 Å². The van der Waals surface area contributed by atoms with E-state index in [9.17, 15) is 9.59 Å². The third-order valence-electron chi connectivity index (χ3n) is 1.91. The van der Waals surface area contributed by atoms with Crippen molar-refractivity contribution < 1.29 is 9.59 Å². The lowest BCUT2D eigenvalue weighted by Crippen LogP contribution is -1.92. The lowest BCUT2D eigenvalue weighted by molar-refractivity contribution is -0.117. The second-order valence-corrected chi connectivity index (χ2v) is 3.11. The zero-order valence-corrected chi connectivity index (χ0v) is 8.21. The zero-order valence-electron chi connectivity index (χ0n) is 8.21. The van der Waals surface area contributed by atoms with Crippen LogP contribution in [-0.4, -0.2) is 12.0 Å². The number of unbranched alkanes of at least 4 members (excludes halogenated alkanes) is 5. The van der Waals surface area contributed by atoms with Crippen LogP contribution in [0, 0.1) is 0 Å². The van der Waals surface area contributed by atoms with Crippen molar-refractivity contribution in [3.8, 4) is 0 Å². The highest BCUT2D eigenvalue weighted by Crippen LogP contribution is 2.06. The van der Waals surface area contributed by atoms with E-state index in [0.29, 0.717) is 6.42 Å². The Bertz CT molecular complexity index is 183. The molecule has 0 aliphatic carbocycles. The van der Waals surface area contributed by atoms with Gasteiger partial charge in [-0.1, -0.05) is 39.0 Å². The highest BCUT2D eigenvalue weighted by molar-refractivity contribution is 5.81. The molecule has 0 aliphatic heterocycles. The second-order valence-electron chi connectivity index (χ2n) is 3.11. The van der Waals surface area contributed by atoms with E-state index in [-0.39, 0.29) is 5.91 Å². The summed E-state index contributed by atoms with van der Waals surface area (Å²) < 4.78 is 0. The van der Waals surface area contributed by atoms with Gasteiger partial charge >= 0.3 is 0 Å². The van der Waals surface area contributed by atoms with Gasteiger partial charge in [-0.2, -0.15) is 0 Å². The molecular formula is C10H17NO2. The van der Waals surface area contributed by atoms with E-state index >= 15 is 0 Å². The number of isocyanates is 1. The van der Waals surface area contributed by atoms with Crippen LogP contribution in [0.5, 0.6) is 0 Å². The summed E-state index contributed by atoms with van der Waals surface area (Å²) in [5.74, 6) is -0.342. The molecule has 3 heteroatoms. The molecule has 1 amide bonds. The first-order valence-electron chi connectivity index (χ1n) is 4.92. The first-order chi connectivity index (χ1) is 6.31. The molecule has 0 unspecified atom stereocenters. The van der Waals surface area contributed by atoms with Crippen LogP contribution >= 0.6 is 0 Å². The predicted octanol–water partition coefficient (Wildman–Crippen LogP) is 2.60. The molecule has 0 saturated heterocycles. The van der Waals surface area contributed by atoms with Crippen molar-refractivity contribution in [1.29, 1.82) is 0 Å². The van der Waals surface area contributed by atoms with Crippen LogP contribution in [0.2, 0.25) is 0 Å². The first kappa shape index (κ1) is 12.0. The number of amides is 1. The number of carbonyl (C=O) groups is 1. The molecule has 0 rings (SSSR count). The first-order valence-corrected chi connectivity index (χ1v) is 4.92. The Kier molecular flexibility index (Phi) is 8.47. The third-order valence-corrected chi connectivity index (χ3v) is 1.91. The van der Waals surface area contributed by atoms with Crippen molar-refractivity contribution in [1.82, 2.24) is 0 Å². The average Bonchev–Trinajstić information content (AvgIpc) is 2.11. The highest BCUT2D eigenvalue weighted by atomic mass is 16.2. The average molecular weight is 183 g/mol. The lowest BCUT2D eigenvalue weighted by atomic mass is 10.1. The number of aliphatic imine (C=N–C) groups is 1. The lowest BCUT2D eigenvalue weighted by Gasteiger charge is -1.97.